The van der Waals surface area contributed by atoms with Crippen LogP contribution >= 0.6 is 34.2 Å². The number of Topliss-reactive ketones (excluding diaryl/α,β-unsaturated/α-hetero) is 1. The number of hydrogen-bond acceptors (Lipinski definition) is 3. The van der Waals surface area contributed by atoms with Crippen LogP contribution in [-0.4, -0.2) is 16.8 Å². The summed E-state index contributed by atoms with van der Waals surface area (Å²) >= 11 is 7.33. The number of nitriles is 1. The third-order valence-corrected chi connectivity index (χ3v) is 2.48. The van der Waals surface area contributed by atoms with Gasteiger partial charge in [-0.2, -0.15) is 5.26 Å². The van der Waals surface area contributed by atoms with Crippen LogP contribution in [0.25, 0.3) is 0 Å². The van der Waals surface area contributed by atoms with Crippen LogP contribution in [0.4, 0.5) is 0 Å². The van der Waals surface area contributed by atoms with Gasteiger partial charge in [-0.25, -0.2) is 0 Å². The largest absolute Gasteiger partial charge is 0.507 e. The highest BCUT2D eigenvalue weighted by molar-refractivity contribution is 14.1. The van der Waals surface area contributed by atoms with Crippen molar-refractivity contribution in [1.82, 2.24) is 0 Å². The predicted octanol–water partition coefficient (Wildman–Crippen LogP) is 2.29. The summed E-state index contributed by atoms with van der Waals surface area (Å²) < 4.78 is 0.688. The van der Waals surface area contributed by atoms with Gasteiger partial charge in [-0.3, -0.25) is 4.79 Å². The highest BCUT2D eigenvalue weighted by Crippen LogP contribution is 2.24. The average molecular weight is 322 g/mol. The van der Waals surface area contributed by atoms with E-state index in [1.807, 2.05) is 22.6 Å². The van der Waals surface area contributed by atoms with Gasteiger partial charge < -0.3 is 5.11 Å². The van der Waals surface area contributed by atoms with Crippen molar-refractivity contribution in [3.8, 4) is 11.8 Å². The number of benzene rings is 1. The molecule has 0 amide bonds. The maximum absolute atomic E-state index is 11.3. The molecule has 0 aromatic heterocycles. The lowest BCUT2D eigenvalue weighted by Crippen LogP contribution is -2.04. The zero-order chi connectivity index (χ0) is 10.7. The predicted molar refractivity (Wildman–Crippen MR) is 60.6 cm³/mol. The summed E-state index contributed by atoms with van der Waals surface area (Å²) in [7, 11) is 0. The van der Waals surface area contributed by atoms with E-state index in [0.717, 1.165) is 0 Å². The van der Waals surface area contributed by atoms with E-state index in [2.05, 4.69) is 0 Å². The molecular weight excluding hydrogens is 316 g/mol. The van der Waals surface area contributed by atoms with Crippen molar-refractivity contribution >= 4 is 40.0 Å². The molecule has 1 aromatic carbocycles. The second-order valence-corrected chi connectivity index (χ2v) is 4.03. The first kappa shape index (κ1) is 11.3. The van der Waals surface area contributed by atoms with E-state index in [1.165, 1.54) is 12.1 Å². The quantitative estimate of drug-likeness (QED) is 0.516. The highest BCUT2D eigenvalue weighted by Gasteiger charge is 2.14. The molecule has 0 fully saturated rings. The number of rotatable bonds is 2. The number of halogens is 2. The Bertz CT molecular complexity index is 426. The van der Waals surface area contributed by atoms with E-state index in [4.69, 9.17) is 16.9 Å². The zero-order valence-corrected chi connectivity index (χ0v) is 9.83. The van der Waals surface area contributed by atoms with Gasteiger partial charge in [-0.15, -0.1) is 11.6 Å². The van der Waals surface area contributed by atoms with Crippen LogP contribution < -0.4 is 0 Å². The van der Waals surface area contributed by atoms with Gasteiger partial charge in [0, 0.05) is 9.13 Å². The summed E-state index contributed by atoms with van der Waals surface area (Å²) in [6.07, 6.45) is 0. The molecule has 0 unspecified atom stereocenters. The normalized spacial score (nSPS) is 9.50. The summed E-state index contributed by atoms with van der Waals surface area (Å²) in [5.74, 6) is -0.751. The fourth-order valence-electron chi connectivity index (χ4n) is 1.00. The van der Waals surface area contributed by atoms with Gasteiger partial charge in [-0.05, 0) is 34.7 Å². The Morgan fingerprint density at radius 3 is 2.79 bits per heavy atom. The number of aromatic hydroxyl groups is 1. The second kappa shape index (κ2) is 4.62. The van der Waals surface area contributed by atoms with Crippen molar-refractivity contribution in [3.05, 3.63) is 26.8 Å². The Morgan fingerprint density at radius 2 is 2.29 bits per heavy atom. The minimum absolute atomic E-state index is 0.0175. The van der Waals surface area contributed by atoms with Crippen LogP contribution in [0.1, 0.15) is 15.9 Å². The molecule has 1 aromatic rings. The van der Waals surface area contributed by atoms with Crippen molar-refractivity contribution in [1.29, 1.82) is 5.26 Å². The van der Waals surface area contributed by atoms with Crippen LogP contribution in [0, 0.1) is 14.9 Å². The van der Waals surface area contributed by atoms with Gasteiger partial charge in [0.05, 0.1) is 5.88 Å². The Labute approximate surface area is 99.4 Å². The molecule has 0 aliphatic rings. The molecule has 0 spiro atoms. The van der Waals surface area contributed by atoms with Crippen LogP contribution in [-0.2, 0) is 0 Å². The highest BCUT2D eigenvalue weighted by atomic mass is 127. The summed E-state index contributed by atoms with van der Waals surface area (Å²) in [5.41, 5.74) is 0.156. The maximum atomic E-state index is 11.3. The topological polar surface area (TPSA) is 61.1 Å². The molecule has 3 nitrogen and oxygen atoms in total. The van der Waals surface area contributed by atoms with E-state index in [0.29, 0.717) is 3.57 Å². The van der Waals surface area contributed by atoms with Gasteiger partial charge in [0.15, 0.2) is 5.78 Å². The lowest BCUT2D eigenvalue weighted by atomic mass is 10.0. The molecule has 14 heavy (non-hydrogen) atoms. The summed E-state index contributed by atoms with van der Waals surface area (Å²) in [6, 6.07) is 4.73. The van der Waals surface area contributed by atoms with Gasteiger partial charge in [0.25, 0.3) is 0 Å². The SMILES string of the molecule is N#Cc1c(O)cc(I)cc1C(=O)CCl. The molecule has 0 aliphatic carbocycles. The summed E-state index contributed by atoms with van der Waals surface area (Å²) in [5, 5.41) is 18.1. The molecule has 0 bridgehead atoms. The molecule has 0 aliphatic heterocycles. The summed E-state index contributed by atoms with van der Waals surface area (Å²) in [4.78, 5) is 11.3. The third-order valence-electron chi connectivity index (χ3n) is 1.62. The van der Waals surface area contributed by atoms with E-state index < -0.39 is 0 Å². The first-order chi connectivity index (χ1) is 6.60. The molecule has 0 saturated carbocycles. The number of hydrogen-bond donors (Lipinski definition) is 1. The molecular formula is C9H5ClINO2. The van der Waals surface area contributed by atoms with Gasteiger partial charge in [0.1, 0.15) is 17.4 Å². The van der Waals surface area contributed by atoms with Crippen molar-refractivity contribution in [2.75, 3.05) is 5.88 Å². The monoisotopic (exact) mass is 321 g/mol. The Morgan fingerprint density at radius 1 is 1.64 bits per heavy atom. The molecule has 0 radical (unpaired) electrons. The Kier molecular flexibility index (Phi) is 3.72. The van der Waals surface area contributed by atoms with Crippen molar-refractivity contribution < 1.29 is 9.90 Å². The summed E-state index contributed by atoms with van der Waals surface area (Å²) in [6.45, 7) is 0. The zero-order valence-electron chi connectivity index (χ0n) is 6.92. The lowest BCUT2D eigenvalue weighted by molar-refractivity contribution is 0.102. The molecule has 72 valence electrons. The minimum Gasteiger partial charge on any atom is -0.507 e. The fourth-order valence-corrected chi connectivity index (χ4v) is 1.75. The number of carbonyl (C=O) groups is 1. The fraction of sp³-hybridized carbons (Fsp3) is 0.111. The van der Waals surface area contributed by atoms with Crippen LogP contribution in [0.3, 0.4) is 0 Å². The van der Waals surface area contributed by atoms with Crippen LogP contribution in [0.15, 0.2) is 12.1 Å². The third kappa shape index (κ3) is 2.16. The number of phenols is 1. The molecule has 0 heterocycles. The number of alkyl halides is 1. The molecule has 5 heteroatoms. The van der Waals surface area contributed by atoms with Crippen molar-refractivity contribution in [3.63, 3.8) is 0 Å². The van der Waals surface area contributed by atoms with Crippen molar-refractivity contribution in [2.24, 2.45) is 0 Å². The molecule has 0 atom stereocenters. The van der Waals surface area contributed by atoms with Gasteiger partial charge >= 0.3 is 0 Å². The smallest absolute Gasteiger partial charge is 0.179 e. The van der Waals surface area contributed by atoms with Crippen molar-refractivity contribution in [2.45, 2.75) is 0 Å². The first-order valence-corrected chi connectivity index (χ1v) is 5.23. The molecule has 1 N–H and O–H groups in total. The molecule has 1 rings (SSSR count). The average Bonchev–Trinajstić information content (AvgIpc) is 2.15. The minimum atomic E-state index is -0.364. The van der Waals surface area contributed by atoms with E-state index >= 15 is 0 Å². The van der Waals surface area contributed by atoms with Gasteiger partial charge in [0.2, 0.25) is 0 Å². The van der Waals surface area contributed by atoms with E-state index in [1.54, 1.807) is 6.07 Å². The van der Waals surface area contributed by atoms with Crippen LogP contribution in [0.2, 0.25) is 0 Å². The number of carbonyl (C=O) groups excluding carboxylic acids is 1. The Balaban J connectivity index is 3.41. The lowest BCUT2D eigenvalue weighted by Gasteiger charge is -2.03. The Hall–Kier alpha value is -0.800. The maximum Gasteiger partial charge on any atom is 0.179 e. The standard InChI is InChI=1S/C9H5ClINO2/c10-3-9(14)6-1-5(11)2-8(13)7(6)4-12/h1-2,13H,3H2. The van der Waals surface area contributed by atoms with Gasteiger partial charge in [-0.1, -0.05) is 0 Å². The number of nitrogens with zero attached hydrogens (tertiary/aromatic N) is 1. The van der Waals surface area contributed by atoms with E-state index in [9.17, 15) is 9.90 Å². The second-order valence-electron chi connectivity index (χ2n) is 2.52. The first-order valence-electron chi connectivity index (χ1n) is 3.62. The molecule has 0 saturated heterocycles. The van der Waals surface area contributed by atoms with Crippen LogP contribution in [0.5, 0.6) is 5.75 Å². The number of phenolic OH excluding ortho intramolecular Hbond substituents is 1. The van der Waals surface area contributed by atoms with E-state index in [-0.39, 0.29) is 28.5 Å². The number of ketones is 1.